The van der Waals surface area contributed by atoms with Gasteiger partial charge in [-0.3, -0.25) is 14.8 Å². The molecular formula is C17H30FN3O5Si. The Hall–Kier alpha value is -1.52. The van der Waals surface area contributed by atoms with Crippen LogP contribution in [0.4, 0.5) is 10.1 Å². The molecule has 0 aliphatic carbocycles. The summed E-state index contributed by atoms with van der Waals surface area (Å²) in [6.07, 6.45) is 1.01. The number of rotatable bonds is 8. The molecule has 8 nitrogen and oxygen atoms in total. The predicted octanol–water partition coefficient (Wildman–Crippen LogP) is 3.88. The van der Waals surface area contributed by atoms with Crippen LogP contribution in [0.3, 0.4) is 0 Å². The Morgan fingerprint density at radius 2 is 2.15 bits per heavy atom. The maximum atomic E-state index is 14.0. The van der Waals surface area contributed by atoms with Crippen LogP contribution < -0.4 is 4.74 Å². The zero-order valence-electron chi connectivity index (χ0n) is 16.7. The standard InChI is InChI=1S/C17H30FN3O5Si/c1-17(2,3)27(4,5)26-9-6-8-25-16-15(21(22)23)11-20(19-16)14-7-10-24-12-13(14)18/h11,13-14H,6-10,12H2,1-5H3/t13-,14?/m0/s1. The maximum absolute atomic E-state index is 14.0. The van der Waals surface area contributed by atoms with Crippen LogP contribution in [0.2, 0.25) is 18.1 Å². The number of hydrogen-bond donors (Lipinski definition) is 0. The van der Waals surface area contributed by atoms with Gasteiger partial charge in [-0.1, -0.05) is 20.8 Å². The number of halogens is 1. The number of aromatic nitrogens is 2. The number of hydrogen-bond acceptors (Lipinski definition) is 6. The van der Waals surface area contributed by atoms with Crippen LogP contribution >= 0.6 is 0 Å². The highest BCUT2D eigenvalue weighted by atomic mass is 28.4. The SMILES string of the molecule is CC(C)(C)[Si](C)(C)OCCCOc1nn(C2CCOC[C@@H]2F)cc1[N+](=O)[O-]. The molecule has 1 unspecified atom stereocenters. The van der Waals surface area contributed by atoms with Crippen molar-refractivity contribution in [2.45, 2.75) is 64.0 Å². The van der Waals surface area contributed by atoms with Crippen LogP contribution in [0.15, 0.2) is 6.20 Å². The van der Waals surface area contributed by atoms with Crippen molar-refractivity contribution in [2.24, 2.45) is 0 Å². The van der Waals surface area contributed by atoms with Crippen molar-refractivity contribution in [3.8, 4) is 5.88 Å². The minimum atomic E-state index is -1.83. The van der Waals surface area contributed by atoms with Crippen molar-refractivity contribution >= 4 is 14.0 Å². The number of alkyl halides is 1. The third kappa shape index (κ3) is 5.49. The number of nitro groups is 1. The summed E-state index contributed by atoms with van der Waals surface area (Å²) in [6, 6.07) is -0.572. The molecule has 154 valence electrons. The lowest BCUT2D eigenvalue weighted by atomic mass is 10.1. The minimum Gasteiger partial charge on any atom is -0.472 e. The van der Waals surface area contributed by atoms with E-state index in [1.807, 2.05) is 0 Å². The molecule has 2 rings (SSSR count). The molecule has 0 amide bonds. The van der Waals surface area contributed by atoms with Crippen LogP contribution in [0.25, 0.3) is 0 Å². The summed E-state index contributed by atoms with van der Waals surface area (Å²) in [7, 11) is -1.83. The van der Waals surface area contributed by atoms with Crippen molar-refractivity contribution < 1.29 is 23.2 Å². The Balaban J connectivity index is 1.93. The average molecular weight is 404 g/mol. The van der Waals surface area contributed by atoms with E-state index in [0.717, 1.165) is 0 Å². The molecule has 2 heterocycles. The van der Waals surface area contributed by atoms with Crippen molar-refractivity contribution in [3.63, 3.8) is 0 Å². The second-order valence-electron chi connectivity index (χ2n) is 8.31. The van der Waals surface area contributed by atoms with Gasteiger partial charge in [0.05, 0.1) is 24.2 Å². The molecular weight excluding hydrogens is 373 g/mol. The Morgan fingerprint density at radius 3 is 2.74 bits per heavy atom. The molecule has 1 aliphatic rings. The molecule has 2 atom stereocenters. The summed E-state index contributed by atoms with van der Waals surface area (Å²) in [5, 5.41) is 15.5. The van der Waals surface area contributed by atoms with Gasteiger partial charge < -0.3 is 13.9 Å². The average Bonchev–Trinajstić information content (AvgIpc) is 2.98. The molecule has 0 saturated carbocycles. The van der Waals surface area contributed by atoms with E-state index in [-0.39, 0.29) is 29.8 Å². The van der Waals surface area contributed by atoms with E-state index in [0.29, 0.717) is 26.1 Å². The zero-order chi connectivity index (χ0) is 20.2. The summed E-state index contributed by atoms with van der Waals surface area (Å²) in [6.45, 7) is 12.0. The van der Waals surface area contributed by atoms with E-state index in [1.54, 1.807) is 0 Å². The monoisotopic (exact) mass is 403 g/mol. The fourth-order valence-electron chi connectivity index (χ4n) is 2.52. The summed E-state index contributed by atoms with van der Waals surface area (Å²) in [4.78, 5) is 10.7. The lowest BCUT2D eigenvalue weighted by Crippen LogP contribution is -2.41. The van der Waals surface area contributed by atoms with Gasteiger partial charge >= 0.3 is 11.6 Å². The summed E-state index contributed by atoms with van der Waals surface area (Å²) < 4.78 is 32.0. The van der Waals surface area contributed by atoms with Gasteiger partial charge in [0.2, 0.25) is 0 Å². The molecule has 0 N–H and O–H groups in total. The second-order valence-corrected chi connectivity index (χ2v) is 13.1. The molecule has 1 aromatic rings. The smallest absolute Gasteiger partial charge is 0.350 e. The molecule has 1 fully saturated rings. The zero-order valence-corrected chi connectivity index (χ0v) is 17.7. The van der Waals surface area contributed by atoms with E-state index in [4.69, 9.17) is 13.9 Å². The van der Waals surface area contributed by atoms with Crippen LogP contribution in [-0.4, -0.2) is 55.6 Å². The quantitative estimate of drug-likeness (QED) is 0.283. The fraction of sp³-hybridized carbons (Fsp3) is 0.824. The van der Waals surface area contributed by atoms with Crippen molar-refractivity contribution in [1.82, 2.24) is 9.78 Å². The first-order valence-electron chi connectivity index (χ1n) is 9.25. The molecule has 0 spiro atoms. The third-order valence-corrected chi connectivity index (χ3v) is 9.80. The maximum Gasteiger partial charge on any atom is 0.350 e. The Labute approximate surface area is 160 Å². The van der Waals surface area contributed by atoms with Crippen molar-refractivity contribution in [1.29, 1.82) is 0 Å². The Bertz CT molecular complexity index is 647. The van der Waals surface area contributed by atoms with Gasteiger partial charge in [0.1, 0.15) is 12.4 Å². The van der Waals surface area contributed by atoms with Crippen LogP contribution in [-0.2, 0) is 9.16 Å². The predicted molar refractivity (Wildman–Crippen MR) is 102 cm³/mol. The second kappa shape index (κ2) is 8.66. The van der Waals surface area contributed by atoms with E-state index in [2.05, 4.69) is 39.0 Å². The van der Waals surface area contributed by atoms with Gasteiger partial charge in [0.25, 0.3) is 0 Å². The fourth-order valence-corrected chi connectivity index (χ4v) is 3.61. The largest absolute Gasteiger partial charge is 0.472 e. The summed E-state index contributed by atoms with van der Waals surface area (Å²) in [5.41, 5.74) is -0.251. The third-order valence-electron chi connectivity index (χ3n) is 5.27. The lowest BCUT2D eigenvalue weighted by Gasteiger charge is -2.36. The molecule has 1 saturated heterocycles. The molecule has 0 radical (unpaired) electrons. The molecule has 27 heavy (non-hydrogen) atoms. The molecule has 1 aliphatic heterocycles. The van der Waals surface area contributed by atoms with Gasteiger partial charge in [-0.15, -0.1) is 5.10 Å². The summed E-state index contributed by atoms with van der Waals surface area (Å²) in [5.74, 6) is -0.0778. The number of nitrogens with zero attached hydrogens (tertiary/aromatic N) is 3. The van der Waals surface area contributed by atoms with E-state index in [1.165, 1.54) is 10.9 Å². The highest BCUT2D eigenvalue weighted by molar-refractivity contribution is 6.74. The van der Waals surface area contributed by atoms with Crippen molar-refractivity contribution in [2.75, 3.05) is 26.4 Å². The van der Waals surface area contributed by atoms with E-state index in [9.17, 15) is 14.5 Å². The molecule has 0 bridgehead atoms. The van der Waals surface area contributed by atoms with Crippen molar-refractivity contribution in [3.05, 3.63) is 16.3 Å². The first-order valence-corrected chi connectivity index (χ1v) is 12.2. The first-order chi connectivity index (χ1) is 12.5. The van der Waals surface area contributed by atoms with Gasteiger partial charge in [0.15, 0.2) is 8.32 Å². The molecule has 1 aromatic heterocycles. The van der Waals surface area contributed by atoms with Gasteiger partial charge in [-0.05, 0) is 24.6 Å². The highest BCUT2D eigenvalue weighted by Gasteiger charge is 2.37. The normalized spacial score (nSPS) is 21.3. The Kier molecular flexibility index (Phi) is 6.98. The number of ether oxygens (including phenoxy) is 2. The van der Waals surface area contributed by atoms with Crippen LogP contribution in [0, 0.1) is 10.1 Å². The minimum absolute atomic E-state index is 0.0285. The first kappa shape index (κ1) is 21.8. The topological polar surface area (TPSA) is 88.7 Å². The van der Waals surface area contributed by atoms with Gasteiger partial charge in [-0.2, -0.15) is 0 Å². The van der Waals surface area contributed by atoms with Crippen LogP contribution in [0.1, 0.15) is 39.7 Å². The molecule has 10 heteroatoms. The van der Waals surface area contributed by atoms with Crippen LogP contribution in [0.5, 0.6) is 5.88 Å². The lowest BCUT2D eigenvalue weighted by molar-refractivity contribution is -0.386. The van der Waals surface area contributed by atoms with Gasteiger partial charge in [-0.25, -0.2) is 4.39 Å². The van der Waals surface area contributed by atoms with E-state index >= 15 is 0 Å². The van der Waals surface area contributed by atoms with E-state index < -0.39 is 25.5 Å². The Morgan fingerprint density at radius 1 is 1.44 bits per heavy atom. The highest BCUT2D eigenvalue weighted by Crippen LogP contribution is 2.36. The van der Waals surface area contributed by atoms with Gasteiger partial charge in [0, 0.05) is 19.6 Å². The summed E-state index contributed by atoms with van der Waals surface area (Å²) >= 11 is 0. The molecule has 0 aromatic carbocycles.